The minimum atomic E-state index is -0.629. The molecule has 1 fully saturated rings. The number of nitrogens with one attached hydrogen (secondary N) is 1. The second-order valence-corrected chi connectivity index (χ2v) is 6.55. The number of anilines is 1. The van der Waals surface area contributed by atoms with Gasteiger partial charge in [-0.25, -0.2) is 0 Å². The number of rotatable bonds is 3. The number of carbonyl (C=O) groups is 2. The lowest BCUT2D eigenvalue weighted by Gasteiger charge is -2.32. The van der Waals surface area contributed by atoms with Gasteiger partial charge in [0.1, 0.15) is 17.1 Å². The van der Waals surface area contributed by atoms with Crippen molar-refractivity contribution in [3.63, 3.8) is 0 Å². The van der Waals surface area contributed by atoms with E-state index in [1.807, 2.05) is 31.2 Å². The van der Waals surface area contributed by atoms with Crippen LogP contribution in [0.1, 0.15) is 32.6 Å². The standard InChI is InChI=1S/C18H23N3O3/c1-12-20-18(17(23)21(12)2)10-8-13(9-11-18)16(22)19-14-4-6-15(24-3)7-5-14/h4-7,13H,8-11H2,1-3H3,(H,19,22). The van der Waals surface area contributed by atoms with Gasteiger partial charge >= 0.3 is 0 Å². The summed E-state index contributed by atoms with van der Waals surface area (Å²) in [6.07, 6.45) is 2.62. The summed E-state index contributed by atoms with van der Waals surface area (Å²) >= 11 is 0. The molecule has 0 aromatic heterocycles. The Labute approximate surface area is 141 Å². The molecule has 1 aliphatic carbocycles. The molecule has 1 aromatic carbocycles. The van der Waals surface area contributed by atoms with Gasteiger partial charge in [-0.05, 0) is 56.9 Å². The fourth-order valence-electron chi connectivity index (χ4n) is 3.49. The number of ether oxygens (including phenoxy) is 1. The number of likely N-dealkylation sites (N-methyl/N-ethyl adjacent to an activating group) is 1. The third-order valence-electron chi connectivity index (χ3n) is 5.11. The van der Waals surface area contributed by atoms with Crippen molar-refractivity contribution in [3.8, 4) is 5.75 Å². The van der Waals surface area contributed by atoms with E-state index in [9.17, 15) is 9.59 Å². The maximum Gasteiger partial charge on any atom is 0.255 e. The summed E-state index contributed by atoms with van der Waals surface area (Å²) in [6.45, 7) is 1.86. The fraction of sp³-hybridized carbons (Fsp3) is 0.500. The molecule has 2 aliphatic rings. The Morgan fingerprint density at radius 2 is 1.92 bits per heavy atom. The number of benzene rings is 1. The molecule has 0 radical (unpaired) electrons. The Kier molecular flexibility index (Phi) is 4.30. The van der Waals surface area contributed by atoms with Crippen LogP contribution < -0.4 is 10.1 Å². The molecule has 3 rings (SSSR count). The first-order chi connectivity index (χ1) is 11.4. The van der Waals surface area contributed by atoms with Crippen LogP contribution >= 0.6 is 0 Å². The van der Waals surface area contributed by atoms with Gasteiger partial charge in [-0.2, -0.15) is 0 Å². The second kappa shape index (κ2) is 6.26. The minimum absolute atomic E-state index is 0.00881. The van der Waals surface area contributed by atoms with Crippen LogP contribution in [0.4, 0.5) is 5.69 Å². The van der Waals surface area contributed by atoms with Crippen LogP contribution in [0.3, 0.4) is 0 Å². The van der Waals surface area contributed by atoms with E-state index in [0.717, 1.165) is 17.3 Å². The summed E-state index contributed by atoms with van der Waals surface area (Å²) in [5.41, 5.74) is 0.127. The highest BCUT2D eigenvalue weighted by atomic mass is 16.5. The molecule has 1 spiro atoms. The Balaban J connectivity index is 1.60. The molecule has 6 nitrogen and oxygen atoms in total. The van der Waals surface area contributed by atoms with Crippen LogP contribution in [0.15, 0.2) is 29.3 Å². The molecule has 0 unspecified atom stereocenters. The molecule has 1 heterocycles. The Morgan fingerprint density at radius 3 is 2.42 bits per heavy atom. The molecule has 2 amide bonds. The normalized spacial score (nSPS) is 26.5. The predicted molar refractivity (Wildman–Crippen MR) is 92.2 cm³/mol. The van der Waals surface area contributed by atoms with Crippen molar-refractivity contribution >= 4 is 23.3 Å². The predicted octanol–water partition coefficient (Wildman–Crippen LogP) is 2.45. The molecule has 1 aliphatic heterocycles. The van der Waals surface area contributed by atoms with Crippen molar-refractivity contribution in [1.82, 2.24) is 4.90 Å². The van der Waals surface area contributed by atoms with Crippen LogP contribution in [-0.2, 0) is 9.59 Å². The smallest absolute Gasteiger partial charge is 0.255 e. The van der Waals surface area contributed by atoms with E-state index in [4.69, 9.17) is 4.74 Å². The lowest BCUT2D eigenvalue weighted by atomic mass is 9.76. The zero-order valence-electron chi connectivity index (χ0n) is 14.3. The van der Waals surface area contributed by atoms with Gasteiger partial charge in [0, 0.05) is 18.7 Å². The van der Waals surface area contributed by atoms with Crippen LogP contribution in [0, 0.1) is 5.92 Å². The van der Waals surface area contributed by atoms with Crippen LogP contribution in [0.25, 0.3) is 0 Å². The van der Waals surface area contributed by atoms with Crippen molar-refractivity contribution in [2.45, 2.75) is 38.1 Å². The van der Waals surface area contributed by atoms with E-state index in [1.54, 1.807) is 19.1 Å². The number of amides is 2. The Morgan fingerprint density at radius 1 is 1.29 bits per heavy atom. The van der Waals surface area contributed by atoms with E-state index >= 15 is 0 Å². The fourth-order valence-corrected chi connectivity index (χ4v) is 3.49. The van der Waals surface area contributed by atoms with Gasteiger partial charge in [0.15, 0.2) is 0 Å². The lowest BCUT2D eigenvalue weighted by molar-refractivity contribution is -0.133. The van der Waals surface area contributed by atoms with Gasteiger partial charge in [-0.3, -0.25) is 14.6 Å². The maximum atomic E-state index is 12.5. The first kappa shape index (κ1) is 16.5. The Bertz CT molecular complexity index is 673. The van der Waals surface area contributed by atoms with Gasteiger partial charge < -0.3 is 15.0 Å². The van der Waals surface area contributed by atoms with Crippen molar-refractivity contribution in [1.29, 1.82) is 0 Å². The van der Waals surface area contributed by atoms with E-state index in [-0.39, 0.29) is 17.7 Å². The number of carbonyl (C=O) groups excluding carboxylic acids is 2. The molecule has 128 valence electrons. The van der Waals surface area contributed by atoms with Crippen LogP contribution in [-0.4, -0.2) is 42.2 Å². The molecule has 24 heavy (non-hydrogen) atoms. The monoisotopic (exact) mass is 329 g/mol. The number of amidine groups is 1. The van der Waals surface area contributed by atoms with Crippen molar-refractivity contribution in [2.75, 3.05) is 19.5 Å². The average Bonchev–Trinajstić information content (AvgIpc) is 2.80. The quantitative estimate of drug-likeness (QED) is 0.926. The van der Waals surface area contributed by atoms with Gasteiger partial charge in [0.05, 0.1) is 7.11 Å². The molecule has 6 heteroatoms. The summed E-state index contributed by atoms with van der Waals surface area (Å²) in [5, 5.41) is 2.95. The highest BCUT2D eigenvalue weighted by Crippen LogP contribution is 2.39. The maximum absolute atomic E-state index is 12.5. The summed E-state index contributed by atoms with van der Waals surface area (Å²) in [4.78, 5) is 31.1. The third kappa shape index (κ3) is 2.88. The van der Waals surface area contributed by atoms with Gasteiger partial charge in [-0.1, -0.05) is 0 Å². The number of nitrogens with zero attached hydrogens (tertiary/aromatic N) is 2. The highest BCUT2D eigenvalue weighted by molar-refractivity contribution is 6.07. The summed E-state index contributed by atoms with van der Waals surface area (Å²) < 4.78 is 5.11. The number of aliphatic imine (C=N–C) groups is 1. The number of methoxy groups -OCH3 is 1. The van der Waals surface area contributed by atoms with E-state index in [1.165, 1.54) is 0 Å². The molecule has 1 aromatic rings. The third-order valence-corrected chi connectivity index (χ3v) is 5.11. The number of hydrogen-bond donors (Lipinski definition) is 1. The van der Waals surface area contributed by atoms with Gasteiger partial charge in [-0.15, -0.1) is 0 Å². The number of hydrogen-bond acceptors (Lipinski definition) is 4. The molecule has 0 saturated heterocycles. The minimum Gasteiger partial charge on any atom is -0.497 e. The van der Waals surface area contributed by atoms with E-state index in [2.05, 4.69) is 10.3 Å². The first-order valence-electron chi connectivity index (χ1n) is 8.25. The summed E-state index contributed by atoms with van der Waals surface area (Å²) in [7, 11) is 3.37. The molecular weight excluding hydrogens is 306 g/mol. The zero-order chi connectivity index (χ0) is 17.3. The molecule has 1 N–H and O–H groups in total. The summed E-state index contributed by atoms with van der Waals surface area (Å²) in [6, 6.07) is 7.28. The molecule has 0 bridgehead atoms. The van der Waals surface area contributed by atoms with Crippen molar-refractivity contribution < 1.29 is 14.3 Å². The van der Waals surface area contributed by atoms with Gasteiger partial charge in [0.2, 0.25) is 5.91 Å². The Hall–Kier alpha value is -2.37. The topological polar surface area (TPSA) is 71.0 Å². The summed E-state index contributed by atoms with van der Waals surface area (Å²) in [5.74, 6) is 1.52. The average molecular weight is 329 g/mol. The van der Waals surface area contributed by atoms with Gasteiger partial charge in [0.25, 0.3) is 5.91 Å². The largest absolute Gasteiger partial charge is 0.497 e. The van der Waals surface area contributed by atoms with Crippen molar-refractivity contribution in [2.24, 2.45) is 10.9 Å². The molecular formula is C18H23N3O3. The van der Waals surface area contributed by atoms with E-state index < -0.39 is 5.54 Å². The van der Waals surface area contributed by atoms with Crippen molar-refractivity contribution in [3.05, 3.63) is 24.3 Å². The highest BCUT2D eigenvalue weighted by Gasteiger charge is 2.48. The van der Waals surface area contributed by atoms with Crippen LogP contribution in [0.2, 0.25) is 0 Å². The van der Waals surface area contributed by atoms with Crippen LogP contribution in [0.5, 0.6) is 5.75 Å². The second-order valence-electron chi connectivity index (χ2n) is 6.55. The SMILES string of the molecule is COc1ccc(NC(=O)C2CCC3(CC2)N=C(C)N(C)C3=O)cc1. The zero-order valence-corrected chi connectivity index (χ0v) is 14.3. The lowest BCUT2D eigenvalue weighted by Crippen LogP contribution is -2.44. The van der Waals surface area contributed by atoms with E-state index in [0.29, 0.717) is 25.7 Å². The first-order valence-corrected chi connectivity index (χ1v) is 8.25. The molecule has 0 atom stereocenters. The molecule has 1 saturated carbocycles.